The van der Waals surface area contributed by atoms with Gasteiger partial charge in [-0.15, -0.1) is 0 Å². The van der Waals surface area contributed by atoms with Crippen molar-refractivity contribution in [3.05, 3.63) is 68.8 Å². The number of aryl methyl sites for hydroxylation is 2. The number of hydrogen-bond acceptors (Lipinski definition) is 5. The van der Waals surface area contributed by atoms with Gasteiger partial charge in [0.1, 0.15) is 5.75 Å². The number of phenolic OH excluding ortho intramolecular Hbond substituents is 1. The van der Waals surface area contributed by atoms with Crippen molar-refractivity contribution < 1.29 is 14.8 Å². The first kappa shape index (κ1) is 17.7. The fourth-order valence-electron chi connectivity index (χ4n) is 2.51. The molecule has 0 amide bonds. The minimum absolute atomic E-state index is 0.0757. The summed E-state index contributed by atoms with van der Waals surface area (Å²) in [6.07, 6.45) is 0.310. The van der Waals surface area contributed by atoms with Gasteiger partial charge in [-0.25, -0.2) is 0 Å². The molecule has 0 aromatic heterocycles. The van der Waals surface area contributed by atoms with Crippen LogP contribution in [0, 0.1) is 24.0 Å². The molecule has 0 aliphatic rings. The van der Waals surface area contributed by atoms with Crippen LogP contribution >= 0.6 is 12.2 Å². The van der Waals surface area contributed by atoms with Gasteiger partial charge < -0.3 is 5.11 Å². The minimum atomic E-state index is -0.578. The van der Waals surface area contributed by atoms with Crippen molar-refractivity contribution in [2.45, 2.75) is 26.7 Å². The molecule has 2 aromatic rings. The third-order valence-electron chi connectivity index (χ3n) is 3.57. The summed E-state index contributed by atoms with van der Waals surface area (Å²) in [5, 5.41) is 20.5. The first-order chi connectivity index (χ1) is 11.3. The largest absolute Gasteiger partial charge is 0.507 e. The van der Waals surface area contributed by atoms with Gasteiger partial charge in [0, 0.05) is 29.3 Å². The Bertz CT molecular complexity index is 810. The molecule has 0 spiro atoms. The molecule has 0 radical (unpaired) electrons. The first-order valence-electron chi connectivity index (χ1n) is 7.35. The lowest BCUT2D eigenvalue weighted by atomic mass is 9.99. The van der Waals surface area contributed by atoms with Gasteiger partial charge in [-0.2, -0.15) is 0 Å². The number of hydrogen-bond donors (Lipinski definition) is 1. The number of rotatable bonds is 6. The number of ketones is 1. The number of nitrogens with zero attached hydrogens (tertiary/aromatic N) is 1. The van der Waals surface area contributed by atoms with Crippen LogP contribution in [-0.2, 0) is 6.42 Å². The molecular weight excluding hydrogens is 326 g/mol. The van der Waals surface area contributed by atoms with E-state index in [4.69, 9.17) is 12.2 Å². The summed E-state index contributed by atoms with van der Waals surface area (Å²) < 4.78 is 0. The summed E-state index contributed by atoms with van der Waals surface area (Å²) in [5.41, 5.74) is 2.92. The van der Waals surface area contributed by atoms with Gasteiger partial charge in [0.25, 0.3) is 5.69 Å². The molecule has 5 nitrogen and oxygen atoms in total. The smallest absolute Gasteiger partial charge is 0.273 e. The Kier molecular flexibility index (Phi) is 5.41. The maximum atomic E-state index is 12.3. The molecule has 0 atom stereocenters. The lowest BCUT2D eigenvalue weighted by Gasteiger charge is -2.07. The molecule has 24 heavy (non-hydrogen) atoms. The van der Waals surface area contributed by atoms with Crippen LogP contribution in [0.15, 0.2) is 36.4 Å². The normalized spacial score (nSPS) is 10.4. The summed E-state index contributed by atoms with van der Waals surface area (Å²) in [4.78, 5) is 22.9. The van der Waals surface area contributed by atoms with Gasteiger partial charge in [0.2, 0.25) is 0 Å². The van der Waals surface area contributed by atoms with Crippen molar-refractivity contribution in [1.29, 1.82) is 0 Å². The molecule has 1 N–H and O–H groups in total. The number of carbonyl (C=O) groups excluding carboxylic acids is 1. The maximum Gasteiger partial charge on any atom is 0.273 e. The molecule has 0 bridgehead atoms. The van der Waals surface area contributed by atoms with Crippen LogP contribution < -0.4 is 0 Å². The average Bonchev–Trinajstić information content (AvgIpc) is 2.48. The summed E-state index contributed by atoms with van der Waals surface area (Å²) in [7, 11) is 0. The Balaban J connectivity index is 2.08. The molecule has 2 rings (SSSR count). The number of carbonyl (C=O) groups is 1. The van der Waals surface area contributed by atoms with E-state index in [0.717, 1.165) is 17.2 Å². The number of phenols is 1. The zero-order chi connectivity index (χ0) is 17.9. The van der Waals surface area contributed by atoms with Gasteiger partial charge in [-0.3, -0.25) is 14.9 Å². The second-order valence-electron chi connectivity index (χ2n) is 5.76. The predicted octanol–water partition coefficient (Wildman–Crippen LogP) is 4.10. The Labute approximate surface area is 145 Å². The monoisotopic (exact) mass is 343 g/mol. The van der Waals surface area contributed by atoms with Crippen LogP contribution in [-0.4, -0.2) is 20.7 Å². The van der Waals surface area contributed by atoms with E-state index in [1.165, 1.54) is 12.1 Å². The molecule has 0 saturated carbocycles. The van der Waals surface area contributed by atoms with E-state index in [9.17, 15) is 20.0 Å². The second-order valence-corrected chi connectivity index (χ2v) is 6.34. The molecule has 0 unspecified atom stereocenters. The zero-order valence-electron chi connectivity index (χ0n) is 13.4. The molecule has 124 valence electrons. The second kappa shape index (κ2) is 7.31. The summed E-state index contributed by atoms with van der Waals surface area (Å²) in [5.74, 6) is -0.265. The summed E-state index contributed by atoms with van der Waals surface area (Å²) in [6, 6.07) is 9.49. The van der Waals surface area contributed by atoms with Crippen LogP contribution in [0.4, 0.5) is 5.69 Å². The Morgan fingerprint density at radius 3 is 2.33 bits per heavy atom. The quantitative estimate of drug-likeness (QED) is 0.370. The summed E-state index contributed by atoms with van der Waals surface area (Å²) >= 11 is 5.26. The van der Waals surface area contributed by atoms with Gasteiger partial charge in [-0.05, 0) is 37.6 Å². The fraction of sp³-hybridized carbons (Fsp3) is 0.222. The highest BCUT2D eigenvalue weighted by atomic mass is 32.1. The molecule has 0 aliphatic carbocycles. The molecule has 0 heterocycles. The van der Waals surface area contributed by atoms with Gasteiger partial charge in [0.15, 0.2) is 5.78 Å². The standard InChI is InChI=1S/C18H17NO4S/c1-11-5-12(2)7-14(6-11)18(21)10-16(24)8-13-3-4-15(19(22)23)9-17(13)20/h3-7,9,20H,8,10H2,1-2H3. The number of nitro groups is 1. The van der Waals surface area contributed by atoms with Crippen molar-refractivity contribution in [3.8, 4) is 5.75 Å². The van der Waals surface area contributed by atoms with E-state index in [-0.39, 0.29) is 30.1 Å². The van der Waals surface area contributed by atoms with E-state index in [2.05, 4.69) is 0 Å². The van der Waals surface area contributed by atoms with Gasteiger partial charge in [0.05, 0.1) is 11.0 Å². The number of nitro benzene ring substituents is 1. The van der Waals surface area contributed by atoms with E-state index in [1.807, 2.05) is 32.0 Å². The van der Waals surface area contributed by atoms with E-state index in [0.29, 0.717) is 16.0 Å². The summed E-state index contributed by atoms with van der Waals surface area (Å²) in [6.45, 7) is 3.86. The van der Waals surface area contributed by atoms with Crippen molar-refractivity contribution in [3.63, 3.8) is 0 Å². The van der Waals surface area contributed by atoms with Crippen LogP contribution in [0.2, 0.25) is 0 Å². The fourth-order valence-corrected chi connectivity index (χ4v) is 2.79. The Morgan fingerprint density at radius 2 is 1.79 bits per heavy atom. The van der Waals surface area contributed by atoms with Crippen LogP contribution in [0.25, 0.3) is 0 Å². The average molecular weight is 343 g/mol. The first-order valence-corrected chi connectivity index (χ1v) is 7.76. The molecule has 0 saturated heterocycles. The lowest BCUT2D eigenvalue weighted by Crippen LogP contribution is -2.09. The molecule has 0 aliphatic heterocycles. The number of non-ortho nitro benzene ring substituents is 1. The Hall–Kier alpha value is -2.60. The van der Waals surface area contributed by atoms with Crippen LogP contribution in [0.3, 0.4) is 0 Å². The number of Topliss-reactive ketones (excluding diaryl/α,β-unsaturated/α-hetero) is 1. The van der Waals surface area contributed by atoms with Crippen molar-refractivity contribution in [2.75, 3.05) is 0 Å². The van der Waals surface area contributed by atoms with Crippen molar-refractivity contribution in [2.24, 2.45) is 0 Å². The molecule has 6 heteroatoms. The number of benzene rings is 2. The molecule has 2 aromatic carbocycles. The maximum absolute atomic E-state index is 12.3. The third kappa shape index (κ3) is 4.45. The van der Waals surface area contributed by atoms with E-state index in [1.54, 1.807) is 0 Å². The number of aromatic hydroxyl groups is 1. The van der Waals surface area contributed by atoms with Crippen molar-refractivity contribution in [1.82, 2.24) is 0 Å². The zero-order valence-corrected chi connectivity index (χ0v) is 14.2. The predicted molar refractivity (Wildman–Crippen MR) is 95.9 cm³/mol. The van der Waals surface area contributed by atoms with Gasteiger partial charge in [-0.1, -0.05) is 29.4 Å². The topological polar surface area (TPSA) is 80.4 Å². The molecule has 0 fully saturated rings. The highest BCUT2D eigenvalue weighted by molar-refractivity contribution is 7.80. The highest BCUT2D eigenvalue weighted by Crippen LogP contribution is 2.24. The third-order valence-corrected chi connectivity index (χ3v) is 3.86. The van der Waals surface area contributed by atoms with Crippen LogP contribution in [0.5, 0.6) is 5.75 Å². The van der Waals surface area contributed by atoms with Crippen molar-refractivity contribution >= 4 is 28.6 Å². The SMILES string of the molecule is Cc1cc(C)cc(C(=O)CC(=S)Cc2ccc([N+](=O)[O-])cc2O)c1. The number of thiocarbonyl (C=S) groups is 1. The van der Waals surface area contributed by atoms with Gasteiger partial charge >= 0.3 is 0 Å². The molecular formula is C18H17NO4S. The minimum Gasteiger partial charge on any atom is -0.507 e. The Morgan fingerprint density at radius 1 is 1.17 bits per heavy atom. The lowest BCUT2D eigenvalue weighted by molar-refractivity contribution is -0.384. The highest BCUT2D eigenvalue weighted by Gasteiger charge is 2.14. The van der Waals surface area contributed by atoms with Crippen LogP contribution in [0.1, 0.15) is 33.5 Å². The van der Waals surface area contributed by atoms with E-state index < -0.39 is 4.92 Å². The van der Waals surface area contributed by atoms with E-state index >= 15 is 0 Å².